The summed E-state index contributed by atoms with van der Waals surface area (Å²) in [7, 11) is 2.10. The molecule has 0 saturated carbocycles. The van der Waals surface area contributed by atoms with Gasteiger partial charge in [-0.15, -0.1) is 0 Å². The summed E-state index contributed by atoms with van der Waals surface area (Å²) in [5, 5.41) is 4.65. The van der Waals surface area contributed by atoms with E-state index < -0.39 is 0 Å². The maximum absolute atomic E-state index is 12.0. The van der Waals surface area contributed by atoms with Crippen molar-refractivity contribution in [3.63, 3.8) is 0 Å². The largest absolute Gasteiger partial charge is 0.369 e. The lowest BCUT2D eigenvalue weighted by atomic mass is 9.80. The second-order valence-electron chi connectivity index (χ2n) is 7.32. The molecule has 0 aliphatic carbocycles. The van der Waals surface area contributed by atoms with Gasteiger partial charge in [-0.05, 0) is 56.0 Å². The molecule has 1 aromatic heterocycles. The average Bonchev–Trinajstić information content (AvgIpc) is 2.61. The van der Waals surface area contributed by atoms with E-state index in [2.05, 4.69) is 54.3 Å². The lowest BCUT2D eigenvalue weighted by Crippen LogP contribution is -2.45. The summed E-state index contributed by atoms with van der Waals surface area (Å²) >= 11 is 6.46. The van der Waals surface area contributed by atoms with Crippen LogP contribution in [0.15, 0.2) is 41.6 Å². The third-order valence-electron chi connectivity index (χ3n) is 5.02. The Morgan fingerprint density at radius 1 is 1.42 bits per heavy atom. The first kappa shape index (κ1) is 18.4. The fourth-order valence-electron chi connectivity index (χ4n) is 3.42. The van der Waals surface area contributed by atoms with E-state index in [0.29, 0.717) is 16.6 Å². The number of carbonyl (C=O) groups is 1. The number of amides is 1. The minimum atomic E-state index is -0.356. The van der Waals surface area contributed by atoms with E-state index >= 15 is 0 Å². The van der Waals surface area contributed by atoms with Crippen LogP contribution in [0, 0.1) is 0 Å². The van der Waals surface area contributed by atoms with E-state index in [-0.39, 0.29) is 11.4 Å². The first-order chi connectivity index (χ1) is 12.3. The van der Waals surface area contributed by atoms with E-state index in [9.17, 15) is 4.79 Å². The highest BCUT2D eigenvalue weighted by Crippen LogP contribution is 2.44. The molecular formula is C20H23ClN4O. The van der Waals surface area contributed by atoms with Crippen molar-refractivity contribution in [3.8, 4) is 0 Å². The Labute approximate surface area is 159 Å². The van der Waals surface area contributed by atoms with Gasteiger partial charge in [0.1, 0.15) is 5.69 Å². The Morgan fingerprint density at radius 2 is 2.19 bits per heavy atom. The summed E-state index contributed by atoms with van der Waals surface area (Å²) in [6.07, 6.45) is 4.21. The topological polar surface area (TPSA) is 57.6 Å². The van der Waals surface area contributed by atoms with Gasteiger partial charge in [0.25, 0.3) is 5.91 Å². The van der Waals surface area contributed by atoms with Crippen LogP contribution in [0.4, 0.5) is 5.69 Å². The van der Waals surface area contributed by atoms with Gasteiger partial charge in [0, 0.05) is 30.0 Å². The Bertz CT molecular complexity index is 848. The van der Waals surface area contributed by atoms with E-state index in [0.717, 1.165) is 17.7 Å². The number of hydrogen-bond acceptors (Lipinski definition) is 4. The minimum absolute atomic E-state index is 0.0853. The van der Waals surface area contributed by atoms with Crippen LogP contribution in [0.3, 0.4) is 0 Å². The molecule has 0 bridgehead atoms. The van der Waals surface area contributed by atoms with E-state index in [1.54, 1.807) is 30.6 Å². The number of nitrogens with zero attached hydrogens (tertiary/aromatic N) is 3. The van der Waals surface area contributed by atoms with Gasteiger partial charge in [-0.2, -0.15) is 5.10 Å². The molecule has 1 aromatic carbocycles. The van der Waals surface area contributed by atoms with Gasteiger partial charge in [0.05, 0.1) is 11.2 Å². The third-order valence-corrected chi connectivity index (χ3v) is 5.35. The third kappa shape index (κ3) is 3.58. The van der Waals surface area contributed by atoms with Crippen molar-refractivity contribution >= 4 is 29.4 Å². The van der Waals surface area contributed by atoms with Gasteiger partial charge >= 0.3 is 0 Å². The fourth-order valence-corrected chi connectivity index (χ4v) is 3.62. The summed E-state index contributed by atoms with van der Waals surface area (Å²) < 4.78 is 0. The van der Waals surface area contributed by atoms with Gasteiger partial charge in [0.15, 0.2) is 0 Å². The zero-order chi connectivity index (χ0) is 18.9. The van der Waals surface area contributed by atoms with Crippen LogP contribution < -0.4 is 10.3 Å². The number of halogens is 1. The van der Waals surface area contributed by atoms with Crippen LogP contribution in [0.1, 0.15) is 54.7 Å². The van der Waals surface area contributed by atoms with Crippen molar-refractivity contribution < 1.29 is 4.79 Å². The number of hydrogen-bond donors (Lipinski definition) is 1. The Kier molecular flexibility index (Phi) is 5.01. The number of fused-ring (bicyclic) bond motifs is 1. The molecule has 136 valence electrons. The van der Waals surface area contributed by atoms with E-state index in [1.807, 2.05) is 6.07 Å². The van der Waals surface area contributed by atoms with Crippen molar-refractivity contribution in [1.82, 2.24) is 10.4 Å². The van der Waals surface area contributed by atoms with Crippen LogP contribution in [-0.4, -0.2) is 29.7 Å². The SMILES string of the molecule is C[C@H]1CC(C)(C)N(C)c2cc(Cl)c(/C=N\NC(=O)c3ccccn3)cc21. The molecule has 6 heteroatoms. The average molecular weight is 371 g/mol. The number of carbonyl (C=O) groups excluding carboxylic acids is 1. The van der Waals surface area contributed by atoms with Gasteiger partial charge in [0.2, 0.25) is 0 Å². The highest BCUT2D eigenvalue weighted by atomic mass is 35.5. The summed E-state index contributed by atoms with van der Waals surface area (Å²) in [6.45, 7) is 6.71. The zero-order valence-electron chi connectivity index (χ0n) is 15.5. The van der Waals surface area contributed by atoms with Crippen molar-refractivity contribution in [2.75, 3.05) is 11.9 Å². The minimum Gasteiger partial charge on any atom is -0.369 e. The Hall–Kier alpha value is -2.40. The number of aromatic nitrogens is 1. The lowest BCUT2D eigenvalue weighted by molar-refractivity contribution is 0.0950. The van der Waals surface area contributed by atoms with Crippen LogP contribution in [0.2, 0.25) is 5.02 Å². The molecule has 0 unspecified atom stereocenters. The van der Waals surface area contributed by atoms with Crippen molar-refractivity contribution in [2.24, 2.45) is 5.10 Å². The molecule has 1 amide bonds. The van der Waals surface area contributed by atoms with Crippen molar-refractivity contribution in [1.29, 1.82) is 0 Å². The molecule has 26 heavy (non-hydrogen) atoms. The molecule has 0 radical (unpaired) electrons. The summed E-state index contributed by atoms with van der Waals surface area (Å²) in [4.78, 5) is 18.3. The molecule has 1 atom stereocenters. The molecular weight excluding hydrogens is 348 g/mol. The molecule has 0 saturated heterocycles. The van der Waals surface area contributed by atoms with Crippen LogP contribution in [0.25, 0.3) is 0 Å². The van der Waals surface area contributed by atoms with Crippen LogP contribution in [-0.2, 0) is 0 Å². The highest BCUT2D eigenvalue weighted by molar-refractivity contribution is 6.33. The van der Waals surface area contributed by atoms with Gasteiger partial charge < -0.3 is 4.90 Å². The Balaban J connectivity index is 1.82. The molecule has 1 N–H and O–H groups in total. The standard InChI is InChI=1S/C20H23ClN4O/c1-13-11-20(2,3)25(4)18-10-16(21)14(9-15(13)18)12-23-24-19(26)17-7-5-6-8-22-17/h5-10,12-13H,11H2,1-4H3,(H,24,26)/b23-12-/t13-/m0/s1. The second-order valence-corrected chi connectivity index (χ2v) is 7.73. The normalized spacial score (nSPS) is 18.7. The number of benzene rings is 1. The number of hydrazone groups is 1. The van der Waals surface area contributed by atoms with Crippen molar-refractivity contribution in [3.05, 3.63) is 58.4 Å². The molecule has 1 aliphatic heterocycles. The fraction of sp³-hybridized carbons (Fsp3) is 0.350. The Morgan fingerprint density at radius 3 is 2.88 bits per heavy atom. The van der Waals surface area contributed by atoms with E-state index in [4.69, 9.17) is 11.6 Å². The van der Waals surface area contributed by atoms with Gasteiger partial charge in [-0.3, -0.25) is 9.78 Å². The summed E-state index contributed by atoms with van der Waals surface area (Å²) in [5.74, 6) is 0.0644. The van der Waals surface area contributed by atoms with Crippen molar-refractivity contribution in [2.45, 2.75) is 38.6 Å². The molecule has 0 spiro atoms. The predicted molar refractivity (Wildman–Crippen MR) is 106 cm³/mol. The molecule has 1 aliphatic rings. The first-order valence-corrected chi connectivity index (χ1v) is 8.99. The maximum atomic E-state index is 12.0. The predicted octanol–water partition coefficient (Wildman–Crippen LogP) is 4.22. The molecule has 5 nitrogen and oxygen atoms in total. The smallest absolute Gasteiger partial charge is 0.289 e. The van der Waals surface area contributed by atoms with E-state index in [1.165, 1.54) is 5.56 Å². The number of rotatable bonds is 3. The number of nitrogens with one attached hydrogen (secondary N) is 1. The van der Waals surface area contributed by atoms with Crippen LogP contribution >= 0.6 is 11.6 Å². The van der Waals surface area contributed by atoms with Crippen LogP contribution in [0.5, 0.6) is 0 Å². The summed E-state index contributed by atoms with van der Waals surface area (Å²) in [6, 6.07) is 9.19. The maximum Gasteiger partial charge on any atom is 0.289 e. The van der Waals surface area contributed by atoms with Gasteiger partial charge in [-0.1, -0.05) is 24.6 Å². The molecule has 3 rings (SSSR count). The first-order valence-electron chi connectivity index (χ1n) is 8.61. The number of anilines is 1. The number of pyridine rings is 1. The zero-order valence-corrected chi connectivity index (χ0v) is 16.2. The van der Waals surface area contributed by atoms with Gasteiger partial charge in [-0.25, -0.2) is 5.43 Å². The summed E-state index contributed by atoms with van der Waals surface area (Å²) in [5.41, 5.74) is 6.07. The monoisotopic (exact) mass is 370 g/mol. The lowest BCUT2D eigenvalue weighted by Gasteiger charge is -2.45. The highest BCUT2D eigenvalue weighted by Gasteiger charge is 2.34. The second kappa shape index (κ2) is 7.08. The molecule has 2 aromatic rings. The quantitative estimate of drug-likeness (QED) is 0.650. The molecule has 0 fully saturated rings. The molecule has 2 heterocycles.